The molecule has 2 aromatic rings. The summed E-state index contributed by atoms with van der Waals surface area (Å²) >= 11 is 6.45. The Kier molecular flexibility index (Phi) is 7.48. The lowest BCUT2D eigenvalue weighted by molar-refractivity contribution is -0.113. The van der Waals surface area contributed by atoms with Gasteiger partial charge < -0.3 is 29.5 Å². The molecule has 2 aromatic carbocycles. The maximum absolute atomic E-state index is 10.1. The Morgan fingerprint density at radius 3 is 2.61 bits per heavy atom. The van der Waals surface area contributed by atoms with Crippen LogP contribution in [0.1, 0.15) is 42.1 Å². The molecule has 4 rings (SSSR count). The van der Waals surface area contributed by atoms with Crippen LogP contribution in [0.3, 0.4) is 0 Å². The van der Waals surface area contributed by atoms with Crippen molar-refractivity contribution in [1.82, 2.24) is 0 Å². The summed E-state index contributed by atoms with van der Waals surface area (Å²) in [4.78, 5) is 0. The van der Waals surface area contributed by atoms with Gasteiger partial charge in [-0.3, -0.25) is 0 Å². The maximum atomic E-state index is 10.1. The summed E-state index contributed by atoms with van der Waals surface area (Å²) < 4.78 is 17.2. The second-order valence-electron chi connectivity index (χ2n) is 8.31. The normalized spacial score (nSPS) is 29.0. The number of aliphatic hydroxyl groups is 3. The SMILES string of the molecule is OC[C@@H]1CC(O)C[C@H](c2ccc(Cl)c(Cc3ccc(OC4COCCC4O)cc3)c2)O1. The Bertz CT molecular complexity index is 858. The van der Waals surface area contributed by atoms with Crippen LogP contribution in [0.25, 0.3) is 0 Å². The fraction of sp³-hybridized carbons (Fsp3) is 0.500. The van der Waals surface area contributed by atoms with E-state index in [-0.39, 0.29) is 24.9 Å². The monoisotopic (exact) mass is 448 g/mol. The van der Waals surface area contributed by atoms with E-state index in [4.69, 9.17) is 25.8 Å². The van der Waals surface area contributed by atoms with E-state index in [0.29, 0.717) is 49.7 Å². The molecule has 2 saturated heterocycles. The zero-order valence-electron chi connectivity index (χ0n) is 17.3. The van der Waals surface area contributed by atoms with Gasteiger partial charge in [0.15, 0.2) is 0 Å². The second kappa shape index (κ2) is 10.3. The average molecular weight is 449 g/mol. The van der Waals surface area contributed by atoms with Crippen LogP contribution in [0.2, 0.25) is 5.02 Å². The largest absolute Gasteiger partial charge is 0.485 e. The van der Waals surface area contributed by atoms with Crippen LogP contribution < -0.4 is 4.74 Å². The molecule has 6 nitrogen and oxygen atoms in total. The predicted octanol–water partition coefficient (Wildman–Crippen LogP) is 3.03. The molecule has 2 fully saturated rings. The highest BCUT2D eigenvalue weighted by Crippen LogP contribution is 2.34. The molecule has 3 N–H and O–H groups in total. The van der Waals surface area contributed by atoms with Crippen molar-refractivity contribution in [3.63, 3.8) is 0 Å². The minimum Gasteiger partial charge on any atom is -0.485 e. The number of ether oxygens (including phenoxy) is 3. The smallest absolute Gasteiger partial charge is 0.148 e. The van der Waals surface area contributed by atoms with Gasteiger partial charge in [-0.05, 0) is 41.3 Å². The number of hydrogen-bond donors (Lipinski definition) is 3. The van der Waals surface area contributed by atoms with Crippen molar-refractivity contribution >= 4 is 11.6 Å². The lowest BCUT2D eigenvalue weighted by atomic mass is 9.94. The Balaban J connectivity index is 1.43. The molecular weight excluding hydrogens is 420 g/mol. The molecule has 5 atom stereocenters. The standard InChI is InChI=1S/C24H29ClO6/c25-21-6-3-16(23-12-18(27)11-20(13-26)31-23)10-17(21)9-15-1-4-19(5-2-15)30-24-14-29-8-7-22(24)28/h1-6,10,18,20,22-24,26-28H,7-9,11-14H2/t18?,20-,22?,23+,24?/m0/s1. The van der Waals surface area contributed by atoms with Gasteiger partial charge in [0.25, 0.3) is 0 Å². The minimum atomic E-state index is -0.513. The summed E-state index contributed by atoms with van der Waals surface area (Å²) in [7, 11) is 0. The van der Waals surface area contributed by atoms with E-state index >= 15 is 0 Å². The van der Waals surface area contributed by atoms with Crippen molar-refractivity contribution in [1.29, 1.82) is 0 Å². The summed E-state index contributed by atoms with van der Waals surface area (Å²) in [6.07, 6.45) is 0.201. The van der Waals surface area contributed by atoms with Gasteiger partial charge in [0.2, 0.25) is 0 Å². The van der Waals surface area contributed by atoms with Gasteiger partial charge in [-0.15, -0.1) is 0 Å². The summed E-state index contributed by atoms with van der Waals surface area (Å²) in [5.41, 5.74) is 2.99. The third-order valence-corrected chi connectivity index (χ3v) is 6.27. The van der Waals surface area contributed by atoms with E-state index in [1.807, 2.05) is 42.5 Å². The quantitative estimate of drug-likeness (QED) is 0.629. The molecule has 0 amide bonds. The van der Waals surface area contributed by atoms with E-state index in [2.05, 4.69) is 0 Å². The molecule has 168 valence electrons. The number of benzene rings is 2. The summed E-state index contributed by atoms with van der Waals surface area (Å²) in [6, 6.07) is 13.5. The molecule has 0 aromatic heterocycles. The van der Waals surface area contributed by atoms with E-state index in [1.165, 1.54) is 0 Å². The third-order valence-electron chi connectivity index (χ3n) is 5.90. The van der Waals surface area contributed by atoms with Gasteiger partial charge in [-0.25, -0.2) is 0 Å². The molecule has 0 bridgehead atoms. The summed E-state index contributed by atoms with van der Waals surface area (Å²) in [6.45, 7) is 0.845. The molecule has 2 aliphatic heterocycles. The van der Waals surface area contributed by atoms with Gasteiger partial charge in [0, 0.05) is 30.9 Å². The molecule has 0 aliphatic carbocycles. The van der Waals surface area contributed by atoms with Crippen molar-refractivity contribution in [2.24, 2.45) is 0 Å². The predicted molar refractivity (Wildman–Crippen MR) is 116 cm³/mol. The van der Waals surface area contributed by atoms with Crippen molar-refractivity contribution in [2.45, 2.75) is 56.2 Å². The first kappa shape index (κ1) is 22.5. The first-order valence-electron chi connectivity index (χ1n) is 10.8. The summed E-state index contributed by atoms with van der Waals surface area (Å²) in [5.74, 6) is 0.692. The molecule has 2 heterocycles. The van der Waals surface area contributed by atoms with Gasteiger partial charge in [0.1, 0.15) is 11.9 Å². The molecule has 31 heavy (non-hydrogen) atoms. The van der Waals surface area contributed by atoms with E-state index < -0.39 is 12.2 Å². The second-order valence-corrected chi connectivity index (χ2v) is 8.72. The highest BCUT2D eigenvalue weighted by atomic mass is 35.5. The van der Waals surface area contributed by atoms with Crippen molar-refractivity contribution in [2.75, 3.05) is 19.8 Å². The van der Waals surface area contributed by atoms with Gasteiger partial charge >= 0.3 is 0 Å². The zero-order chi connectivity index (χ0) is 21.8. The van der Waals surface area contributed by atoms with Crippen LogP contribution in [0, 0.1) is 0 Å². The average Bonchev–Trinajstić information content (AvgIpc) is 2.77. The minimum absolute atomic E-state index is 0.105. The Labute approximate surface area is 187 Å². The highest BCUT2D eigenvalue weighted by Gasteiger charge is 2.29. The number of halogens is 1. The van der Waals surface area contributed by atoms with Gasteiger partial charge in [-0.2, -0.15) is 0 Å². The van der Waals surface area contributed by atoms with Crippen LogP contribution in [-0.4, -0.2) is 59.6 Å². The van der Waals surface area contributed by atoms with Crippen LogP contribution in [0.5, 0.6) is 5.75 Å². The lowest BCUT2D eigenvalue weighted by Crippen LogP contribution is -2.40. The van der Waals surface area contributed by atoms with Crippen LogP contribution >= 0.6 is 11.6 Å². The Hall–Kier alpha value is -1.67. The topological polar surface area (TPSA) is 88.4 Å². The van der Waals surface area contributed by atoms with Gasteiger partial charge in [-0.1, -0.05) is 35.9 Å². The maximum Gasteiger partial charge on any atom is 0.148 e. The van der Waals surface area contributed by atoms with Crippen molar-refractivity contribution < 1.29 is 29.5 Å². The van der Waals surface area contributed by atoms with E-state index in [9.17, 15) is 15.3 Å². The fourth-order valence-electron chi connectivity index (χ4n) is 4.15. The molecule has 7 heteroatoms. The van der Waals surface area contributed by atoms with E-state index in [1.54, 1.807) is 0 Å². The molecular formula is C24H29ClO6. The first-order valence-corrected chi connectivity index (χ1v) is 11.1. The molecule has 0 radical (unpaired) electrons. The highest BCUT2D eigenvalue weighted by molar-refractivity contribution is 6.31. The van der Waals surface area contributed by atoms with Crippen LogP contribution in [0.15, 0.2) is 42.5 Å². The zero-order valence-corrected chi connectivity index (χ0v) is 18.1. The van der Waals surface area contributed by atoms with Crippen molar-refractivity contribution in [3.8, 4) is 5.75 Å². The van der Waals surface area contributed by atoms with Crippen LogP contribution in [0.4, 0.5) is 0 Å². The Morgan fingerprint density at radius 1 is 1.06 bits per heavy atom. The lowest BCUT2D eigenvalue weighted by Gasteiger charge is -2.32. The fourth-order valence-corrected chi connectivity index (χ4v) is 4.33. The summed E-state index contributed by atoms with van der Waals surface area (Å²) in [5, 5.41) is 30.2. The van der Waals surface area contributed by atoms with Crippen molar-refractivity contribution in [3.05, 3.63) is 64.2 Å². The number of rotatable bonds is 6. The van der Waals surface area contributed by atoms with Gasteiger partial charge in [0.05, 0.1) is 37.6 Å². The molecule has 0 saturated carbocycles. The Morgan fingerprint density at radius 2 is 1.87 bits per heavy atom. The molecule has 0 spiro atoms. The number of aliphatic hydroxyl groups excluding tert-OH is 3. The van der Waals surface area contributed by atoms with Crippen LogP contribution in [-0.2, 0) is 15.9 Å². The molecule has 3 unspecified atom stereocenters. The third kappa shape index (κ3) is 5.77. The molecule has 2 aliphatic rings. The van der Waals surface area contributed by atoms with E-state index in [0.717, 1.165) is 16.7 Å². The number of hydrogen-bond acceptors (Lipinski definition) is 6. The first-order chi connectivity index (χ1) is 15.0.